The van der Waals surface area contributed by atoms with Crippen LogP contribution in [0.2, 0.25) is 0 Å². The van der Waals surface area contributed by atoms with Crippen molar-refractivity contribution in [2.24, 2.45) is 0 Å². The maximum atomic E-state index is 12.1. The van der Waals surface area contributed by atoms with Crippen LogP contribution in [0.3, 0.4) is 0 Å². The maximum absolute atomic E-state index is 12.1. The van der Waals surface area contributed by atoms with Gasteiger partial charge in [-0.15, -0.1) is 0 Å². The Morgan fingerprint density at radius 3 is 2.32 bits per heavy atom. The van der Waals surface area contributed by atoms with E-state index in [1.807, 2.05) is 0 Å². The number of ether oxygens (including phenoxy) is 1. The molecule has 3 rings (SSSR count). The SMILES string of the molecule is O=C(COc1cccc([N+](=O)[O-])c1)NN1C(=O)c2ccccc2C1=O. The first-order chi connectivity index (χ1) is 12.0. The Balaban J connectivity index is 1.62. The van der Waals surface area contributed by atoms with Crippen molar-refractivity contribution in [3.8, 4) is 5.75 Å². The number of nitro groups is 1. The van der Waals surface area contributed by atoms with Gasteiger partial charge in [0.05, 0.1) is 22.1 Å². The quantitative estimate of drug-likeness (QED) is 0.497. The summed E-state index contributed by atoms with van der Waals surface area (Å²) < 4.78 is 5.15. The number of hydrogen-bond acceptors (Lipinski definition) is 6. The Kier molecular flexibility index (Phi) is 4.12. The van der Waals surface area contributed by atoms with Gasteiger partial charge in [-0.2, -0.15) is 5.01 Å². The smallest absolute Gasteiger partial charge is 0.280 e. The van der Waals surface area contributed by atoms with Crippen LogP contribution in [0.15, 0.2) is 48.5 Å². The lowest BCUT2D eigenvalue weighted by Crippen LogP contribution is -2.47. The van der Waals surface area contributed by atoms with Crippen LogP contribution in [-0.2, 0) is 4.79 Å². The first-order valence-corrected chi connectivity index (χ1v) is 7.12. The number of fused-ring (bicyclic) bond motifs is 1. The fraction of sp³-hybridized carbons (Fsp3) is 0.0625. The Bertz CT molecular complexity index is 860. The van der Waals surface area contributed by atoms with Crippen LogP contribution >= 0.6 is 0 Å². The van der Waals surface area contributed by atoms with Crippen LogP contribution in [0, 0.1) is 10.1 Å². The molecule has 1 heterocycles. The van der Waals surface area contributed by atoms with Gasteiger partial charge in [0.1, 0.15) is 5.75 Å². The zero-order chi connectivity index (χ0) is 18.0. The van der Waals surface area contributed by atoms with E-state index in [-0.39, 0.29) is 22.6 Å². The first kappa shape index (κ1) is 16.1. The maximum Gasteiger partial charge on any atom is 0.280 e. The van der Waals surface area contributed by atoms with E-state index in [0.29, 0.717) is 5.01 Å². The molecule has 0 spiro atoms. The second-order valence-electron chi connectivity index (χ2n) is 5.07. The summed E-state index contributed by atoms with van der Waals surface area (Å²) in [4.78, 5) is 46.2. The van der Waals surface area contributed by atoms with Crippen LogP contribution in [0.25, 0.3) is 0 Å². The number of imide groups is 1. The van der Waals surface area contributed by atoms with Crippen molar-refractivity contribution in [2.75, 3.05) is 6.61 Å². The highest BCUT2D eigenvalue weighted by Gasteiger charge is 2.36. The fourth-order valence-electron chi connectivity index (χ4n) is 2.28. The molecular formula is C16H11N3O6. The highest BCUT2D eigenvalue weighted by molar-refractivity contribution is 6.21. The molecule has 25 heavy (non-hydrogen) atoms. The van der Waals surface area contributed by atoms with E-state index >= 15 is 0 Å². The van der Waals surface area contributed by atoms with Crippen LogP contribution in [0.1, 0.15) is 20.7 Å². The zero-order valence-electron chi connectivity index (χ0n) is 12.7. The minimum absolute atomic E-state index is 0.117. The van der Waals surface area contributed by atoms with Crippen molar-refractivity contribution in [1.29, 1.82) is 0 Å². The third kappa shape index (κ3) is 3.15. The molecule has 126 valence electrons. The molecule has 2 aromatic carbocycles. The number of benzene rings is 2. The molecule has 1 N–H and O–H groups in total. The van der Waals surface area contributed by atoms with Gasteiger partial charge in [0.15, 0.2) is 6.61 Å². The number of nitrogens with one attached hydrogen (secondary N) is 1. The van der Waals surface area contributed by atoms with Crippen LogP contribution in [0.5, 0.6) is 5.75 Å². The molecule has 2 aromatic rings. The van der Waals surface area contributed by atoms with Crippen LogP contribution < -0.4 is 10.2 Å². The number of non-ortho nitro benzene ring substituents is 1. The van der Waals surface area contributed by atoms with Crippen molar-refractivity contribution in [3.05, 3.63) is 69.8 Å². The van der Waals surface area contributed by atoms with Crippen LogP contribution in [-0.4, -0.2) is 34.3 Å². The standard InChI is InChI=1S/C16H11N3O6/c20-14(9-25-11-5-3-4-10(8-11)19(23)24)17-18-15(21)12-6-1-2-7-13(12)16(18)22/h1-8H,9H2,(H,17,20). The summed E-state index contributed by atoms with van der Waals surface area (Å²) in [6.07, 6.45) is 0. The second-order valence-corrected chi connectivity index (χ2v) is 5.07. The molecule has 9 nitrogen and oxygen atoms in total. The van der Waals surface area contributed by atoms with Gasteiger partial charge in [-0.25, -0.2) is 0 Å². The highest BCUT2D eigenvalue weighted by atomic mass is 16.6. The first-order valence-electron chi connectivity index (χ1n) is 7.12. The molecule has 9 heteroatoms. The zero-order valence-corrected chi connectivity index (χ0v) is 12.7. The normalized spacial score (nSPS) is 12.7. The van der Waals surface area contributed by atoms with Gasteiger partial charge in [-0.3, -0.25) is 29.9 Å². The molecule has 1 aliphatic rings. The predicted octanol–water partition coefficient (Wildman–Crippen LogP) is 1.30. The predicted molar refractivity (Wildman–Crippen MR) is 83.7 cm³/mol. The Hall–Kier alpha value is -3.75. The topological polar surface area (TPSA) is 119 Å². The third-order valence-corrected chi connectivity index (χ3v) is 3.43. The van der Waals surface area contributed by atoms with Gasteiger partial charge < -0.3 is 4.74 Å². The molecule has 0 fully saturated rings. The number of carbonyl (C=O) groups excluding carboxylic acids is 3. The summed E-state index contributed by atoms with van der Waals surface area (Å²) in [6, 6.07) is 11.5. The number of amides is 3. The van der Waals surface area contributed by atoms with E-state index in [1.165, 1.54) is 30.3 Å². The summed E-state index contributed by atoms with van der Waals surface area (Å²) in [5.74, 6) is -1.90. The number of hydrogen-bond donors (Lipinski definition) is 1. The number of carbonyl (C=O) groups is 3. The molecule has 0 unspecified atom stereocenters. The largest absolute Gasteiger partial charge is 0.483 e. The lowest BCUT2D eigenvalue weighted by molar-refractivity contribution is -0.384. The van der Waals surface area contributed by atoms with E-state index in [9.17, 15) is 24.5 Å². The highest BCUT2D eigenvalue weighted by Crippen LogP contribution is 2.21. The molecule has 0 aromatic heterocycles. The Morgan fingerprint density at radius 2 is 1.72 bits per heavy atom. The molecule has 0 bridgehead atoms. The molecule has 1 aliphatic heterocycles. The lowest BCUT2D eigenvalue weighted by Gasteiger charge is -2.15. The van der Waals surface area contributed by atoms with Crippen LogP contribution in [0.4, 0.5) is 5.69 Å². The average molecular weight is 341 g/mol. The van der Waals surface area contributed by atoms with Crippen molar-refractivity contribution < 1.29 is 24.0 Å². The van der Waals surface area contributed by atoms with E-state index in [4.69, 9.17) is 4.74 Å². The molecule has 0 radical (unpaired) electrons. The number of nitrogens with zero attached hydrogens (tertiary/aromatic N) is 2. The van der Waals surface area contributed by atoms with E-state index in [0.717, 1.165) is 6.07 Å². The van der Waals surface area contributed by atoms with E-state index in [1.54, 1.807) is 12.1 Å². The van der Waals surface area contributed by atoms with Crippen molar-refractivity contribution in [3.63, 3.8) is 0 Å². The van der Waals surface area contributed by atoms with Gasteiger partial charge in [0.25, 0.3) is 23.4 Å². The van der Waals surface area contributed by atoms with Gasteiger partial charge in [-0.05, 0) is 18.2 Å². The van der Waals surface area contributed by atoms with Gasteiger partial charge >= 0.3 is 0 Å². The monoisotopic (exact) mass is 341 g/mol. The number of nitro benzene ring substituents is 1. The number of rotatable bonds is 5. The lowest BCUT2D eigenvalue weighted by atomic mass is 10.1. The summed E-state index contributed by atoms with van der Waals surface area (Å²) in [5.41, 5.74) is 2.39. The molecular weight excluding hydrogens is 330 g/mol. The molecule has 0 aliphatic carbocycles. The molecule has 0 saturated heterocycles. The van der Waals surface area contributed by atoms with Crippen molar-refractivity contribution in [2.45, 2.75) is 0 Å². The van der Waals surface area contributed by atoms with Gasteiger partial charge in [-0.1, -0.05) is 18.2 Å². The van der Waals surface area contributed by atoms with Crippen molar-refractivity contribution in [1.82, 2.24) is 10.4 Å². The molecule has 0 atom stereocenters. The Morgan fingerprint density at radius 1 is 1.08 bits per heavy atom. The fourth-order valence-corrected chi connectivity index (χ4v) is 2.28. The second kappa shape index (κ2) is 6.40. The van der Waals surface area contributed by atoms with Crippen molar-refractivity contribution >= 4 is 23.4 Å². The molecule has 3 amide bonds. The van der Waals surface area contributed by atoms with Gasteiger partial charge in [0, 0.05) is 6.07 Å². The summed E-state index contributed by atoms with van der Waals surface area (Å²) >= 11 is 0. The summed E-state index contributed by atoms with van der Waals surface area (Å²) in [7, 11) is 0. The average Bonchev–Trinajstić information content (AvgIpc) is 2.85. The third-order valence-electron chi connectivity index (χ3n) is 3.43. The number of hydrazine groups is 1. The summed E-state index contributed by atoms with van der Waals surface area (Å²) in [6.45, 7) is -0.519. The minimum atomic E-state index is -0.749. The van der Waals surface area contributed by atoms with E-state index < -0.39 is 29.3 Å². The minimum Gasteiger partial charge on any atom is -0.483 e. The van der Waals surface area contributed by atoms with E-state index in [2.05, 4.69) is 5.43 Å². The molecule has 0 saturated carbocycles. The summed E-state index contributed by atoms with van der Waals surface area (Å²) in [5, 5.41) is 11.3. The van der Waals surface area contributed by atoms with Gasteiger partial charge in [0.2, 0.25) is 0 Å². The Labute approximate surface area is 140 Å².